The van der Waals surface area contributed by atoms with Crippen molar-refractivity contribution in [1.82, 2.24) is 4.90 Å². The quantitative estimate of drug-likeness (QED) is 0.473. The van der Waals surface area contributed by atoms with E-state index in [4.69, 9.17) is 14.7 Å². The average molecular weight is 270 g/mol. The zero-order valence-corrected chi connectivity index (χ0v) is 11.7. The number of amides is 1. The molecule has 0 bridgehead atoms. The van der Waals surface area contributed by atoms with Crippen LogP contribution in [0.2, 0.25) is 0 Å². The van der Waals surface area contributed by atoms with Crippen LogP contribution in [0.4, 0.5) is 4.79 Å². The summed E-state index contributed by atoms with van der Waals surface area (Å²) in [4.78, 5) is 24.4. The number of nitriles is 1. The van der Waals surface area contributed by atoms with Gasteiger partial charge in [-0.1, -0.05) is 13.3 Å². The van der Waals surface area contributed by atoms with E-state index in [2.05, 4.69) is 0 Å². The summed E-state index contributed by atoms with van der Waals surface area (Å²) in [5.41, 5.74) is 0. The molecule has 108 valence electrons. The summed E-state index contributed by atoms with van der Waals surface area (Å²) in [6, 6.07) is 2.00. The van der Waals surface area contributed by atoms with Crippen LogP contribution in [0.3, 0.4) is 0 Å². The molecule has 0 rings (SSSR count). The number of rotatable bonds is 9. The van der Waals surface area contributed by atoms with Crippen LogP contribution in [-0.2, 0) is 14.3 Å². The SMILES string of the molecule is CCCCOC(=O)N(CCCC#N)CC(=O)OCC. The van der Waals surface area contributed by atoms with Crippen molar-refractivity contribution < 1.29 is 19.1 Å². The minimum absolute atomic E-state index is 0.135. The second kappa shape index (κ2) is 11.3. The molecule has 0 saturated carbocycles. The summed E-state index contributed by atoms with van der Waals surface area (Å²) < 4.78 is 9.85. The lowest BCUT2D eigenvalue weighted by molar-refractivity contribution is -0.144. The molecule has 1 amide bonds. The Morgan fingerprint density at radius 1 is 1.21 bits per heavy atom. The van der Waals surface area contributed by atoms with Crippen molar-refractivity contribution in [2.24, 2.45) is 0 Å². The van der Waals surface area contributed by atoms with E-state index in [1.165, 1.54) is 4.90 Å². The number of carbonyl (C=O) groups is 2. The highest BCUT2D eigenvalue weighted by molar-refractivity contribution is 5.78. The highest BCUT2D eigenvalue weighted by atomic mass is 16.6. The molecular formula is C13H22N2O4. The Balaban J connectivity index is 4.26. The highest BCUT2D eigenvalue weighted by Crippen LogP contribution is 2.01. The van der Waals surface area contributed by atoms with Crippen molar-refractivity contribution in [3.63, 3.8) is 0 Å². The van der Waals surface area contributed by atoms with Crippen LogP contribution in [0.5, 0.6) is 0 Å². The lowest BCUT2D eigenvalue weighted by atomic mass is 10.3. The first-order valence-electron chi connectivity index (χ1n) is 6.59. The Kier molecular flexibility index (Phi) is 10.3. The number of ether oxygens (including phenoxy) is 2. The number of esters is 1. The maximum Gasteiger partial charge on any atom is 0.410 e. The monoisotopic (exact) mass is 270 g/mol. The summed E-state index contributed by atoms with van der Waals surface area (Å²) in [5, 5.41) is 8.48. The van der Waals surface area contributed by atoms with Gasteiger partial charge < -0.3 is 9.47 Å². The van der Waals surface area contributed by atoms with Crippen LogP contribution < -0.4 is 0 Å². The molecule has 0 N–H and O–H groups in total. The fourth-order valence-corrected chi connectivity index (χ4v) is 1.34. The molecule has 0 spiro atoms. The number of nitrogens with zero attached hydrogens (tertiary/aromatic N) is 2. The van der Waals surface area contributed by atoms with Gasteiger partial charge in [0.15, 0.2) is 0 Å². The predicted octanol–water partition coefficient (Wildman–Crippen LogP) is 2.09. The number of hydrogen-bond donors (Lipinski definition) is 0. The molecule has 0 heterocycles. The van der Waals surface area contributed by atoms with Gasteiger partial charge in [-0.15, -0.1) is 0 Å². The van der Waals surface area contributed by atoms with E-state index < -0.39 is 12.1 Å². The molecule has 0 unspecified atom stereocenters. The van der Waals surface area contributed by atoms with Gasteiger partial charge in [-0.2, -0.15) is 5.26 Å². The lowest BCUT2D eigenvalue weighted by Crippen LogP contribution is -2.37. The highest BCUT2D eigenvalue weighted by Gasteiger charge is 2.18. The third-order valence-corrected chi connectivity index (χ3v) is 2.32. The fourth-order valence-electron chi connectivity index (χ4n) is 1.34. The molecule has 0 aromatic rings. The van der Waals surface area contributed by atoms with Crippen molar-refractivity contribution >= 4 is 12.1 Å². The first-order chi connectivity index (χ1) is 9.15. The van der Waals surface area contributed by atoms with Gasteiger partial charge in [0.1, 0.15) is 6.54 Å². The largest absolute Gasteiger partial charge is 0.465 e. The van der Waals surface area contributed by atoms with E-state index >= 15 is 0 Å². The van der Waals surface area contributed by atoms with E-state index in [0.717, 1.165) is 12.8 Å². The topological polar surface area (TPSA) is 79.6 Å². The molecule has 0 aromatic carbocycles. The third kappa shape index (κ3) is 8.89. The first-order valence-corrected chi connectivity index (χ1v) is 6.59. The van der Waals surface area contributed by atoms with Gasteiger partial charge in [0.25, 0.3) is 0 Å². The minimum Gasteiger partial charge on any atom is -0.465 e. The molecule has 0 saturated heterocycles. The molecule has 0 atom stereocenters. The summed E-state index contributed by atoms with van der Waals surface area (Å²) in [7, 11) is 0. The second-order valence-corrected chi connectivity index (χ2v) is 3.96. The molecule has 0 radical (unpaired) electrons. The van der Waals surface area contributed by atoms with Gasteiger partial charge in [-0.3, -0.25) is 9.69 Å². The maximum absolute atomic E-state index is 11.8. The van der Waals surface area contributed by atoms with E-state index in [-0.39, 0.29) is 13.2 Å². The Morgan fingerprint density at radius 3 is 2.53 bits per heavy atom. The molecule has 0 aliphatic carbocycles. The summed E-state index contributed by atoms with van der Waals surface area (Å²) in [5.74, 6) is -0.466. The van der Waals surface area contributed by atoms with Crippen LogP contribution in [0, 0.1) is 11.3 Å². The molecule has 6 nitrogen and oxygen atoms in total. The van der Waals surface area contributed by atoms with Crippen molar-refractivity contribution in [3.05, 3.63) is 0 Å². The molecule has 19 heavy (non-hydrogen) atoms. The third-order valence-electron chi connectivity index (χ3n) is 2.32. The van der Waals surface area contributed by atoms with Gasteiger partial charge in [0.05, 0.1) is 19.3 Å². The molecule has 6 heteroatoms. The van der Waals surface area contributed by atoms with Crippen molar-refractivity contribution in [1.29, 1.82) is 5.26 Å². The standard InChI is InChI=1S/C13H22N2O4/c1-3-5-10-19-13(17)15(9-7-6-8-14)11-12(16)18-4-2/h3-7,9-11H2,1-2H3. The van der Waals surface area contributed by atoms with Crippen LogP contribution >= 0.6 is 0 Å². The maximum atomic E-state index is 11.8. The van der Waals surface area contributed by atoms with Crippen LogP contribution in [-0.4, -0.2) is 43.3 Å². The molecular weight excluding hydrogens is 248 g/mol. The van der Waals surface area contributed by atoms with Crippen LogP contribution in [0.25, 0.3) is 0 Å². The predicted molar refractivity (Wildman–Crippen MR) is 69.3 cm³/mol. The Morgan fingerprint density at radius 2 is 1.95 bits per heavy atom. The van der Waals surface area contributed by atoms with Gasteiger partial charge in [0.2, 0.25) is 0 Å². The summed E-state index contributed by atoms with van der Waals surface area (Å²) in [6.45, 7) is 4.50. The number of carbonyl (C=O) groups excluding carboxylic acids is 2. The van der Waals surface area contributed by atoms with Crippen LogP contribution in [0.15, 0.2) is 0 Å². The zero-order valence-electron chi connectivity index (χ0n) is 11.7. The normalized spacial score (nSPS) is 9.53. The molecule has 0 aromatic heterocycles. The average Bonchev–Trinajstić information content (AvgIpc) is 2.38. The smallest absolute Gasteiger partial charge is 0.410 e. The first kappa shape index (κ1) is 17.2. The van der Waals surface area contributed by atoms with Crippen molar-refractivity contribution in [2.75, 3.05) is 26.3 Å². The van der Waals surface area contributed by atoms with Gasteiger partial charge >= 0.3 is 12.1 Å². The number of unbranched alkanes of at least 4 members (excludes halogenated alkanes) is 2. The Labute approximate surface area is 114 Å². The second-order valence-electron chi connectivity index (χ2n) is 3.96. The minimum atomic E-state index is -0.528. The Hall–Kier alpha value is -1.77. The molecule has 0 aliphatic heterocycles. The van der Waals surface area contributed by atoms with Crippen LogP contribution in [0.1, 0.15) is 39.5 Å². The van der Waals surface area contributed by atoms with Crippen molar-refractivity contribution in [3.8, 4) is 6.07 Å². The van der Waals surface area contributed by atoms with Crippen molar-refractivity contribution in [2.45, 2.75) is 39.5 Å². The van der Waals surface area contributed by atoms with E-state index in [1.54, 1.807) is 6.92 Å². The van der Waals surface area contributed by atoms with Gasteiger partial charge in [-0.25, -0.2) is 4.79 Å². The fraction of sp³-hybridized carbons (Fsp3) is 0.769. The lowest BCUT2D eigenvalue weighted by Gasteiger charge is -2.20. The molecule has 0 fully saturated rings. The van der Waals surface area contributed by atoms with E-state index in [1.807, 2.05) is 13.0 Å². The van der Waals surface area contributed by atoms with Gasteiger partial charge in [0, 0.05) is 13.0 Å². The Bertz CT molecular complexity index is 312. The van der Waals surface area contributed by atoms with Gasteiger partial charge in [-0.05, 0) is 19.8 Å². The number of hydrogen-bond acceptors (Lipinski definition) is 5. The molecule has 0 aliphatic rings. The summed E-state index contributed by atoms with van der Waals surface area (Å²) in [6.07, 6.45) is 2.04. The van der Waals surface area contributed by atoms with E-state index in [0.29, 0.717) is 26.0 Å². The summed E-state index contributed by atoms with van der Waals surface area (Å²) >= 11 is 0. The zero-order chi connectivity index (χ0) is 14.5. The van der Waals surface area contributed by atoms with E-state index in [9.17, 15) is 9.59 Å².